The molecule has 13 aliphatic rings. The van der Waals surface area contributed by atoms with E-state index in [1.54, 1.807) is 0 Å². The summed E-state index contributed by atoms with van der Waals surface area (Å²) in [6, 6.07) is 0. The lowest BCUT2D eigenvalue weighted by Gasteiger charge is -2.62. The van der Waals surface area contributed by atoms with Crippen LogP contribution in [-0.4, -0.2) is 48.9 Å². The number of ether oxygens (including phenoxy) is 4. The molecule has 7 nitrogen and oxygen atoms in total. The van der Waals surface area contributed by atoms with Gasteiger partial charge in [0.05, 0.1) is 23.5 Å². The molecule has 12 aliphatic carbocycles. The van der Waals surface area contributed by atoms with E-state index in [4.69, 9.17) is 18.9 Å². The molecule has 12 saturated carbocycles. The van der Waals surface area contributed by atoms with Crippen LogP contribution in [0.3, 0.4) is 0 Å². The molecule has 0 aromatic heterocycles. The molecule has 0 aromatic rings. The van der Waals surface area contributed by atoms with Gasteiger partial charge < -0.3 is 18.9 Å². The third-order valence-corrected chi connectivity index (χ3v) is 16.8. The maximum atomic E-state index is 14.2. The summed E-state index contributed by atoms with van der Waals surface area (Å²) in [6.07, 6.45) is 20.0. The minimum absolute atomic E-state index is 0.00856. The van der Waals surface area contributed by atoms with Crippen LogP contribution >= 0.6 is 0 Å². The van der Waals surface area contributed by atoms with Gasteiger partial charge in [-0.25, -0.2) is 0 Å². The summed E-state index contributed by atoms with van der Waals surface area (Å²) in [5.41, 5.74) is -0.924. The number of hydrogen-bond acceptors (Lipinski definition) is 7. The van der Waals surface area contributed by atoms with E-state index in [2.05, 4.69) is 0 Å². The van der Waals surface area contributed by atoms with Crippen molar-refractivity contribution >= 4 is 17.7 Å². The minimum Gasteiger partial charge on any atom is -0.465 e. The summed E-state index contributed by atoms with van der Waals surface area (Å²) in [5, 5.41) is 0. The zero-order valence-corrected chi connectivity index (χ0v) is 31.1. The molecule has 0 N–H and O–H groups in total. The molecule has 1 spiro atoms. The molecule has 276 valence electrons. The van der Waals surface area contributed by atoms with E-state index in [9.17, 15) is 14.4 Å². The van der Waals surface area contributed by atoms with Gasteiger partial charge in [0.2, 0.25) is 0 Å². The second kappa shape index (κ2) is 11.3. The molecule has 13 fully saturated rings. The number of ketones is 1. The van der Waals surface area contributed by atoms with E-state index >= 15 is 0 Å². The van der Waals surface area contributed by atoms with Crippen molar-refractivity contribution in [3.05, 3.63) is 0 Å². The van der Waals surface area contributed by atoms with Crippen molar-refractivity contribution in [3.63, 3.8) is 0 Å². The standard InChI is InChI=1S/C43H62O7/c1-39(2,3)37(45)48-24-40-14-31-12-32(21-40)43(33(13-31)22-40)49-34(4-5-36(44)41-15-25-6-26(16-41)8-27(7-25)17-41)35(50-43)23-47-38(46)42-18-28-9-29(19-42)11-30(10-28)20-42/h25-35H,4-24H2,1-3H3. The first-order valence-electron chi connectivity index (χ1n) is 21.1. The fraction of sp³-hybridized carbons (Fsp3) is 0.930. The Hall–Kier alpha value is -1.47. The van der Waals surface area contributed by atoms with Gasteiger partial charge in [0.1, 0.15) is 18.5 Å². The van der Waals surface area contributed by atoms with Crippen LogP contribution in [0.2, 0.25) is 0 Å². The molecule has 12 bridgehead atoms. The van der Waals surface area contributed by atoms with Crippen LogP contribution < -0.4 is 0 Å². The number of rotatable bonds is 9. The molecular weight excluding hydrogens is 628 g/mol. The highest BCUT2D eigenvalue weighted by molar-refractivity contribution is 5.85. The van der Waals surface area contributed by atoms with Crippen LogP contribution in [-0.2, 0) is 33.3 Å². The first-order chi connectivity index (χ1) is 23.8. The van der Waals surface area contributed by atoms with Crippen molar-refractivity contribution in [3.8, 4) is 0 Å². The van der Waals surface area contributed by atoms with Crippen LogP contribution in [0, 0.1) is 74.9 Å². The third kappa shape index (κ3) is 5.25. The number of esters is 2. The lowest BCUT2D eigenvalue weighted by atomic mass is 9.47. The summed E-state index contributed by atoms with van der Waals surface area (Å²) in [4.78, 5) is 41.0. The summed E-state index contributed by atoms with van der Waals surface area (Å²) in [5.74, 6) is 5.03. The molecule has 50 heavy (non-hydrogen) atoms. The van der Waals surface area contributed by atoms with Crippen molar-refractivity contribution in [1.82, 2.24) is 0 Å². The first kappa shape index (κ1) is 33.1. The predicted molar refractivity (Wildman–Crippen MR) is 185 cm³/mol. The molecule has 1 heterocycles. The minimum atomic E-state index is -0.694. The van der Waals surface area contributed by atoms with E-state index in [-0.39, 0.29) is 58.8 Å². The van der Waals surface area contributed by atoms with Crippen LogP contribution in [0.25, 0.3) is 0 Å². The summed E-state index contributed by atoms with van der Waals surface area (Å²) < 4.78 is 26.8. The van der Waals surface area contributed by atoms with Crippen LogP contribution in [0.15, 0.2) is 0 Å². The fourth-order valence-corrected chi connectivity index (χ4v) is 15.8. The summed E-state index contributed by atoms with van der Waals surface area (Å²) in [7, 11) is 0. The van der Waals surface area contributed by atoms with E-state index < -0.39 is 11.2 Å². The quantitative estimate of drug-likeness (QED) is 0.225. The highest BCUT2D eigenvalue weighted by Crippen LogP contribution is 2.67. The maximum Gasteiger partial charge on any atom is 0.312 e. The molecule has 4 atom stereocenters. The average molecular weight is 691 g/mol. The molecular formula is C43H62O7. The molecule has 0 radical (unpaired) electrons. The second-order valence-corrected chi connectivity index (χ2v) is 21.7. The van der Waals surface area contributed by atoms with Gasteiger partial charge in [-0.15, -0.1) is 0 Å². The van der Waals surface area contributed by atoms with Crippen molar-refractivity contribution in [2.75, 3.05) is 13.2 Å². The monoisotopic (exact) mass is 690 g/mol. The van der Waals surface area contributed by atoms with E-state index in [1.165, 1.54) is 38.5 Å². The number of carbonyl (C=O) groups excluding carboxylic acids is 3. The van der Waals surface area contributed by atoms with E-state index in [1.807, 2.05) is 20.8 Å². The van der Waals surface area contributed by atoms with E-state index in [0.717, 1.165) is 88.4 Å². The largest absolute Gasteiger partial charge is 0.465 e. The zero-order valence-electron chi connectivity index (χ0n) is 31.1. The Labute approximate surface area is 299 Å². The highest BCUT2D eigenvalue weighted by Gasteiger charge is 2.68. The van der Waals surface area contributed by atoms with Crippen molar-refractivity contribution in [2.24, 2.45) is 74.9 Å². The Balaban J connectivity index is 0.867. The van der Waals surface area contributed by atoms with Gasteiger partial charge in [-0.3, -0.25) is 14.4 Å². The van der Waals surface area contributed by atoms with Crippen molar-refractivity contribution in [1.29, 1.82) is 0 Å². The Bertz CT molecular complexity index is 1270. The van der Waals surface area contributed by atoms with Crippen LogP contribution in [0.1, 0.15) is 143 Å². The first-order valence-corrected chi connectivity index (χ1v) is 21.1. The van der Waals surface area contributed by atoms with Crippen LogP contribution in [0.5, 0.6) is 0 Å². The lowest BCUT2D eigenvalue weighted by Crippen LogP contribution is -2.63. The zero-order chi connectivity index (χ0) is 34.3. The smallest absolute Gasteiger partial charge is 0.312 e. The normalized spacial score (nSPS) is 51.9. The Morgan fingerprint density at radius 1 is 0.600 bits per heavy atom. The van der Waals surface area contributed by atoms with Gasteiger partial charge in [-0.2, -0.15) is 0 Å². The number of Topliss-reactive ketones (excluding diaryl/α,β-unsaturated/α-hetero) is 1. The van der Waals surface area contributed by atoms with Gasteiger partial charge in [-0.1, -0.05) is 0 Å². The molecule has 4 unspecified atom stereocenters. The molecule has 13 rings (SSSR count). The SMILES string of the molecule is CC(C)(C)C(=O)OCC12CC3CC(C1)C1(OC(CCC(=O)C45CC6CC(CC(C6)C4)C5)C(COC(=O)C45CC6CC(CC(C6)C4)C5)O1)C(C3)C2. The molecule has 0 amide bonds. The van der Waals surface area contributed by atoms with Crippen molar-refractivity contribution < 1.29 is 33.3 Å². The molecule has 0 aromatic carbocycles. The predicted octanol–water partition coefficient (Wildman–Crippen LogP) is 8.21. The van der Waals surface area contributed by atoms with Gasteiger partial charge in [0, 0.05) is 29.1 Å². The molecule has 1 saturated heterocycles. The van der Waals surface area contributed by atoms with Gasteiger partial charge in [0.15, 0.2) is 5.79 Å². The third-order valence-electron chi connectivity index (χ3n) is 16.8. The van der Waals surface area contributed by atoms with Gasteiger partial charge in [0.25, 0.3) is 0 Å². The maximum absolute atomic E-state index is 14.2. The highest BCUT2D eigenvalue weighted by atomic mass is 16.8. The summed E-state index contributed by atoms with van der Waals surface area (Å²) in [6.45, 7) is 6.49. The van der Waals surface area contributed by atoms with Crippen molar-refractivity contribution in [2.45, 2.75) is 161 Å². The molecule has 7 heteroatoms. The van der Waals surface area contributed by atoms with Crippen LogP contribution in [0.4, 0.5) is 0 Å². The average Bonchev–Trinajstić information content (AvgIpc) is 3.41. The topological polar surface area (TPSA) is 88.1 Å². The van der Waals surface area contributed by atoms with Gasteiger partial charge >= 0.3 is 11.9 Å². The van der Waals surface area contributed by atoms with E-state index in [0.29, 0.717) is 48.9 Å². The Kier molecular flexibility index (Phi) is 7.47. The molecule has 1 aliphatic heterocycles. The second-order valence-electron chi connectivity index (χ2n) is 21.7. The Morgan fingerprint density at radius 2 is 1.08 bits per heavy atom. The Morgan fingerprint density at radius 3 is 1.60 bits per heavy atom. The number of carbonyl (C=O) groups is 3. The summed E-state index contributed by atoms with van der Waals surface area (Å²) >= 11 is 0. The van der Waals surface area contributed by atoms with Gasteiger partial charge in [-0.05, 0) is 178 Å². The fourth-order valence-electron chi connectivity index (χ4n) is 15.8. The number of hydrogen-bond donors (Lipinski definition) is 0. The lowest BCUT2D eigenvalue weighted by molar-refractivity contribution is -0.316.